The van der Waals surface area contributed by atoms with E-state index in [1.165, 1.54) is 0 Å². The molecule has 1 N–H and O–H groups in total. The fourth-order valence-corrected chi connectivity index (χ4v) is 6.25. The number of ether oxygens (including phenoxy) is 2. The molecular weight excluding hydrogens is 612 g/mol. The number of fused-ring (bicyclic) bond motifs is 2. The highest BCUT2D eigenvalue weighted by atomic mass is 79.9. The molecular formula is C32H35BrN6O4. The van der Waals surface area contributed by atoms with Crippen molar-refractivity contribution in [3.05, 3.63) is 70.2 Å². The number of hydrogen-bond acceptors (Lipinski definition) is 7. The molecule has 1 saturated heterocycles. The summed E-state index contributed by atoms with van der Waals surface area (Å²) in [5.41, 5.74) is 5.96. The van der Waals surface area contributed by atoms with Crippen LogP contribution in [0.4, 0.5) is 11.5 Å². The molecule has 0 saturated carbocycles. The second-order valence-electron chi connectivity index (χ2n) is 11.0. The fraction of sp³-hybridized carbons (Fsp3) is 0.375. The van der Waals surface area contributed by atoms with E-state index in [0.29, 0.717) is 42.3 Å². The molecule has 2 aliphatic heterocycles. The number of carbonyl (C=O) groups is 2. The number of halogens is 1. The molecule has 4 aromatic rings. The van der Waals surface area contributed by atoms with Crippen molar-refractivity contribution in [3.63, 3.8) is 0 Å². The molecule has 224 valence electrons. The van der Waals surface area contributed by atoms with Crippen LogP contribution in [0, 0.1) is 0 Å². The first-order valence-corrected chi connectivity index (χ1v) is 15.5. The zero-order chi connectivity index (χ0) is 30.1. The summed E-state index contributed by atoms with van der Waals surface area (Å²) >= 11 is 3.48. The Morgan fingerprint density at radius 1 is 1.09 bits per heavy atom. The minimum absolute atomic E-state index is 0.0394. The normalized spacial score (nSPS) is 16.4. The van der Waals surface area contributed by atoms with E-state index in [9.17, 15) is 9.59 Å². The lowest BCUT2D eigenvalue weighted by Crippen LogP contribution is -2.37. The van der Waals surface area contributed by atoms with Gasteiger partial charge in [-0.05, 0) is 59.0 Å². The van der Waals surface area contributed by atoms with Gasteiger partial charge in [0.2, 0.25) is 5.91 Å². The molecule has 2 aromatic heterocycles. The van der Waals surface area contributed by atoms with Crippen LogP contribution in [0.2, 0.25) is 0 Å². The van der Waals surface area contributed by atoms with Crippen LogP contribution in [0.3, 0.4) is 0 Å². The van der Waals surface area contributed by atoms with E-state index >= 15 is 0 Å². The van der Waals surface area contributed by atoms with Gasteiger partial charge < -0.3 is 29.0 Å². The molecule has 0 bridgehead atoms. The van der Waals surface area contributed by atoms with Crippen molar-refractivity contribution in [1.82, 2.24) is 19.7 Å². The van der Waals surface area contributed by atoms with Crippen LogP contribution in [0.25, 0.3) is 16.8 Å². The minimum Gasteiger partial charge on any atom is -0.493 e. The topological polar surface area (TPSA) is 101 Å². The number of carbonyl (C=O) groups excluding carboxylic acids is 2. The van der Waals surface area contributed by atoms with Crippen molar-refractivity contribution < 1.29 is 19.1 Å². The summed E-state index contributed by atoms with van der Waals surface area (Å²) in [5, 5.41) is 3.00. The molecule has 2 aliphatic rings. The van der Waals surface area contributed by atoms with Gasteiger partial charge in [0, 0.05) is 56.1 Å². The predicted molar refractivity (Wildman–Crippen MR) is 169 cm³/mol. The molecule has 43 heavy (non-hydrogen) atoms. The number of morpholine rings is 1. The molecule has 10 nitrogen and oxygen atoms in total. The van der Waals surface area contributed by atoms with Crippen LogP contribution in [-0.2, 0) is 22.5 Å². The molecule has 11 heteroatoms. The van der Waals surface area contributed by atoms with E-state index in [2.05, 4.69) is 50.0 Å². The molecule has 0 aliphatic carbocycles. The molecule has 6 rings (SSSR count). The van der Waals surface area contributed by atoms with Crippen LogP contribution in [0.1, 0.15) is 48.8 Å². The molecule has 0 spiro atoms. The van der Waals surface area contributed by atoms with E-state index in [4.69, 9.17) is 9.47 Å². The Morgan fingerprint density at radius 2 is 1.86 bits per heavy atom. The molecule has 1 atom stereocenters. The molecule has 2 aromatic carbocycles. The minimum atomic E-state index is -0.255. The van der Waals surface area contributed by atoms with Crippen molar-refractivity contribution in [3.8, 4) is 16.9 Å². The summed E-state index contributed by atoms with van der Waals surface area (Å²) in [4.78, 5) is 38.7. The van der Waals surface area contributed by atoms with Crippen molar-refractivity contribution in [2.45, 2.75) is 46.2 Å². The number of imidazole rings is 1. The van der Waals surface area contributed by atoms with Gasteiger partial charge in [-0.3, -0.25) is 9.59 Å². The Balaban J connectivity index is 1.19. The lowest BCUT2D eigenvalue weighted by atomic mass is 9.98. The third-order valence-electron chi connectivity index (χ3n) is 7.88. The Kier molecular flexibility index (Phi) is 8.36. The van der Waals surface area contributed by atoms with Crippen LogP contribution in [0.5, 0.6) is 5.75 Å². The van der Waals surface area contributed by atoms with Gasteiger partial charge >= 0.3 is 0 Å². The van der Waals surface area contributed by atoms with Gasteiger partial charge in [-0.2, -0.15) is 0 Å². The average Bonchev–Trinajstić information content (AvgIpc) is 3.59. The van der Waals surface area contributed by atoms with Crippen molar-refractivity contribution in [1.29, 1.82) is 0 Å². The molecule has 4 heterocycles. The average molecular weight is 648 g/mol. The van der Waals surface area contributed by atoms with Gasteiger partial charge in [0.1, 0.15) is 16.0 Å². The fourth-order valence-electron chi connectivity index (χ4n) is 5.86. The summed E-state index contributed by atoms with van der Waals surface area (Å²) < 4.78 is 14.3. The maximum Gasteiger partial charge on any atom is 0.271 e. The van der Waals surface area contributed by atoms with Gasteiger partial charge in [-0.1, -0.05) is 31.2 Å². The van der Waals surface area contributed by atoms with Crippen LogP contribution >= 0.6 is 15.9 Å². The van der Waals surface area contributed by atoms with E-state index in [-0.39, 0.29) is 17.9 Å². The van der Waals surface area contributed by atoms with Crippen LogP contribution < -0.4 is 19.9 Å². The van der Waals surface area contributed by atoms with E-state index in [0.717, 1.165) is 65.4 Å². The van der Waals surface area contributed by atoms with Crippen LogP contribution in [-0.4, -0.2) is 65.1 Å². The quantitative estimate of drug-likeness (QED) is 0.287. The first-order valence-electron chi connectivity index (χ1n) is 14.7. The molecule has 0 radical (unpaired) electrons. The number of benzene rings is 2. The standard InChI is InChI=1S/C32H35BrN6O4/c1-4-13-43-29-24(9-10-27-25(29)16-20(2)39(27)21(3)40)23-7-5-22(6-8-23)17-34-32(41)26-18-38-19-28(33)36-31(30(38)35-26)37-11-14-42-15-12-37/h5-10,18-20H,4,11-17H2,1-3H3,(H,34,41). The van der Waals surface area contributed by atoms with Gasteiger partial charge in [-0.15, -0.1) is 0 Å². The zero-order valence-electron chi connectivity index (χ0n) is 24.6. The van der Waals surface area contributed by atoms with Gasteiger partial charge in [0.05, 0.1) is 25.5 Å². The number of nitrogens with zero attached hydrogens (tertiary/aromatic N) is 5. The summed E-state index contributed by atoms with van der Waals surface area (Å²) in [5.74, 6) is 1.36. The third kappa shape index (κ3) is 5.83. The van der Waals surface area contributed by atoms with Crippen LogP contribution in [0.15, 0.2) is 53.4 Å². The van der Waals surface area contributed by atoms with Gasteiger partial charge in [0.15, 0.2) is 11.5 Å². The lowest BCUT2D eigenvalue weighted by Gasteiger charge is -2.27. The number of amides is 2. The van der Waals surface area contributed by atoms with Crippen molar-refractivity contribution in [2.24, 2.45) is 0 Å². The molecule has 1 fully saturated rings. The first-order chi connectivity index (χ1) is 20.8. The summed E-state index contributed by atoms with van der Waals surface area (Å²) in [6.45, 7) is 9.42. The number of hydrogen-bond donors (Lipinski definition) is 1. The summed E-state index contributed by atoms with van der Waals surface area (Å²) in [7, 11) is 0. The highest BCUT2D eigenvalue weighted by molar-refractivity contribution is 9.10. The summed E-state index contributed by atoms with van der Waals surface area (Å²) in [6, 6.07) is 12.3. The number of aromatic nitrogens is 3. The van der Waals surface area contributed by atoms with Gasteiger partial charge in [0.25, 0.3) is 5.91 Å². The Labute approximate surface area is 259 Å². The van der Waals surface area contributed by atoms with E-state index in [1.807, 2.05) is 45.7 Å². The maximum absolute atomic E-state index is 13.1. The Bertz CT molecular complexity index is 1660. The largest absolute Gasteiger partial charge is 0.493 e. The van der Waals surface area contributed by atoms with E-state index in [1.54, 1.807) is 19.3 Å². The van der Waals surface area contributed by atoms with Crippen molar-refractivity contribution >= 4 is 44.9 Å². The second-order valence-corrected chi connectivity index (χ2v) is 11.8. The predicted octanol–water partition coefficient (Wildman–Crippen LogP) is 5.01. The number of rotatable bonds is 8. The Hall–Kier alpha value is -3.96. The monoisotopic (exact) mass is 646 g/mol. The number of anilines is 2. The molecule has 2 amide bonds. The molecule has 1 unspecified atom stereocenters. The first kappa shape index (κ1) is 29.1. The number of nitrogens with one attached hydrogen (secondary N) is 1. The second kappa shape index (κ2) is 12.3. The van der Waals surface area contributed by atoms with E-state index < -0.39 is 0 Å². The SMILES string of the molecule is CCCOc1c(-c2ccc(CNC(=O)c3cn4cc(Br)nc(N5CCOCC5)c4n3)cc2)ccc2c1CC(C)N2C(C)=O. The Morgan fingerprint density at radius 3 is 2.58 bits per heavy atom. The summed E-state index contributed by atoms with van der Waals surface area (Å²) in [6.07, 6.45) is 5.18. The smallest absolute Gasteiger partial charge is 0.271 e. The zero-order valence-corrected chi connectivity index (χ0v) is 26.2. The third-order valence-corrected chi connectivity index (χ3v) is 8.26. The highest BCUT2D eigenvalue weighted by Crippen LogP contribution is 2.44. The van der Waals surface area contributed by atoms with Crippen molar-refractivity contribution in [2.75, 3.05) is 42.7 Å². The van der Waals surface area contributed by atoms with Gasteiger partial charge in [-0.25, -0.2) is 9.97 Å². The maximum atomic E-state index is 13.1. The lowest BCUT2D eigenvalue weighted by molar-refractivity contribution is -0.116. The highest BCUT2D eigenvalue weighted by Gasteiger charge is 2.32.